The van der Waals surface area contributed by atoms with E-state index >= 15 is 0 Å². The minimum absolute atomic E-state index is 0.0959. The Kier molecular flexibility index (Phi) is 6.14. The average Bonchev–Trinajstić information content (AvgIpc) is 3.27. The highest BCUT2D eigenvalue weighted by molar-refractivity contribution is 6.30. The molecule has 1 amide bonds. The Bertz CT molecular complexity index is 977. The molecule has 0 bridgehead atoms. The first-order valence-electron chi connectivity index (χ1n) is 9.78. The summed E-state index contributed by atoms with van der Waals surface area (Å²) in [6.45, 7) is 3.06. The number of furan rings is 1. The zero-order valence-corrected chi connectivity index (χ0v) is 17.5. The topological polar surface area (TPSA) is 55.2 Å². The summed E-state index contributed by atoms with van der Waals surface area (Å²) >= 11 is 5.96. The van der Waals surface area contributed by atoms with Crippen LogP contribution in [0, 0.1) is 0 Å². The summed E-state index contributed by atoms with van der Waals surface area (Å²) in [6.07, 6.45) is 0. The van der Waals surface area contributed by atoms with Crippen LogP contribution in [0.2, 0.25) is 5.02 Å². The van der Waals surface area contributed by atoms with E-state index in [0.717, 1.165) is 29.5 Å². The largest absolute Gasteiger partial charge is 0.497 e. The van der Waals surface area contributed by atoms with Crippen molar-refractivity contribution in [1.82, 2.24) is 4.90 Å². The zero-order chi connectivity index (χ0) is 20.9. The molecule has 156 valence electrons. The standard InChI is InChI=1S/C23H23ClN2O4/c1-28-19-6-8-20(9-7-19)29-16-21-10-11-22(30-21)23(27)26-14-12-25(13-15-26)18-4-2-17(24)3-5-18/h2-11H,12-16H2,1H3. The maximum absolute atomic E-state index is 12.8. The van der Waals surface area contributed by atoms with Gasteiger partial charge < -0.3 is 23.7 Å². The van der Waals surface area contributed by atoms with E-state index in [1.165, 1.54) is 0 Å². The van der Waals surface area contributed by atoms with Crippen LogP contribution in [0.3, 0.4) is 0 Å². The summed E-state index contributed by atoms with van der Waals surface area (Å²) in [5.41, 5.74) is 1.11. The van der Waals surface area contributed by atoms with Crippen molar-refractivity contribution in [1.29, 1.82) is 0 Å². The van der Waals surface area contributed by atoms with Gasteiger partial charge in [0.2, 0.25) is 0 Å². The fourth-order valence-corrected chi connectivity index (χ4v) is 3.50. The molecule has 0 unspecified atom stereocenters. The van der Waals surface area contributed by atoms with Gasteiger partial charge in [-0.3, -0.25) is 4.79 Å². The fraction of sp³-hybridized carbons (Fsp3) is 0.261. The maximum Gasteiger partial charge on any atom is 0.289 e. The van der Waals surface area contributed by atoms with Crippen LogP contribution in [0.5, 0.6) is 11.5 Å². The lowest BCUT2D eigenvalue weighted by Crippen LogP contribution is -2.48. The molecule has 0 N–H and O–H groups in total. The Morgan fingerprint density at radius 2 is 1.60 bits per heavy atom. The number of hydrogen-bond acceptors (Lipinski definition) is 5. The number of hydrogen-bond donors (Lipinski definition) is 0. The van der Waals surface area contributed by atoms with E-state index in [0.29, 0.717) is 30.4 Å². The van der Waals surface area contributed by atoms with E-state index in [-0.39, 0.29) is 12.5 Å². The predicted molar refractivity (Wildman–Crippen MR) is 116 cm³/mol. The SMILES string of the molecule is COc1ccc(OCc2ccc(C(=O)N3CCN(c4ccc(Cl)cc4)CC3)o2)cc1. The Morgan fingerprint density at radius 3 is 2.27 bits per heavy atom. The van der Waals surface area contributed by atoms with Gasteiger partial charge in [-0.25, -0.2) is 0 Å². The predicted octanol–water partition coefficient (Wildman–Crippen LogP) is 4.48. The van der Waals surface area contributed by atoms with Gasteiger partial charge in [-0.1, -0.05) is 11.6 Å². The third-order valence-electron chi connectivity index (χ3n) is 5.07. The van der Waals surface area contributed by atoms with E-state index in [4.69, 9.17) is 25.5 Å². The Hall–Kier alpha value is -3.12. The first kappa shape index (κ1) is 20.2. The van der Waals surface area contributed by atoms with Crippen LogP contribution in [0.15, 0.2) is 65.1 Å². The molecule has 0 radical (unpaired) electrons. The monoisotopic (exact) mass is 426 g/mol. The molecule has 1 aliphatic rings. The van der Waals surface area contributed by atoms with Crippen molar-refractivity contribution in [2.45, 2.75) is 6.61 Å². The molecule has 6 nitrogen and oxygen atoms in total. The van der Waals surface area contributed by atoms with Crippen LogP contribution in [0.1, 0.15) is 16.3 Å². The smallest absolute Gasteiger partial charge is 0.289 e. The number of carbonyl (C=O) groups is 1. The summed E-state index contributed by atoms with van der Waals surface area (Å²) in [5.74, 6) is 2.32. The molecule has 0 spiro atoms. The average molecular weight is 427 g/mol. The second-order valence-electron chi connectivity index (χ2n) is 6.99. The number of carbonyl (C=O) groups excluding carboxylic acids is 1. The molecule has 4 rings (SSSR count). The summed E-state index contributed by atoms with van der Waals surface area (Å²) in [5, 5.41) is 0.720. The van der Waals surface area contributed by atoms with Gasteiger partial charge >= 0.3 is 0 Å². The number of amides is 1. The van der Waals surface area contributed by atoms with Gasteiger partial charge in [0, 0.05) is 36.9 Å². The summed E-state index contributed by atoms with van der Waals surface area (Å²) in [6, 6.07) is 18.6. The third kappa shape index (κ3) is 4.71. The van der Waals surface area contributed by atoms with Crippen molar-refractivity contribution in [3.63, 3.8) is 0 Å². The number of methoxy groups -OCH3 is 1. The minimum Gasteiger partial charge on any atom is -0.497 e. The highest BCUT2D eigenvalue weighted by Crippen LogP contribution is 2.22. The minimum atomic E-state index is -0.0959. The van der Waals surface area contributed by atoms with Crippen molar-refractivity contribution < 1.29 is 18.7 Å². The van der Waals surface area contributed by atoms with Crippen molar-refractivity contribution in [3.05, 3.63) is 77.2 Å². The molecule has 1 aliphatic heterocycles. The molecule has 2 aromatic carbocycles. The number of ether oxygens (including phenoxy) is 2. The molecule has 7 heteroatoms. The van der Waals surface area contributed by atoms with Crippen LogP contribution in [-0.4, -0.2) is 44.1 Å². The number of piperazine rings is 1. The second-order valence-corrected chi connectivity index (χ2v) is 7.42. The summed E-state index contributed by atoms with van der Waals surface area (Å²) < 4.78 is 16.6. The van der Waals surface area contributed by atoms with Crippen LogP contribution in [0.25, 0.3) is 0 Å². The Labute approximate surface area is 180 Å². The first-order valence-corrected chi connectivity index (χ1v) is 10.2. The molecular weight excluding hydrogens is 404 g/mol. The summed E-state index contributed by atoms with van der Waals surface area (Å²) in [4.78, 5) is 16.9. The van der Waals surface area contributed by atoms with Crippen LogP contribution >= 0.6 is 11.6 Å². The molecule has 0 aliphatic carbocycles. The number of benzene rings is 2. The van der Waals surface area contributed by atoms with E-state index in [1.54, 1.807) is 19.2 Å². The van der Waals surface area contributed by atoms with Gasteiger partial charge in [-0.05, 0) is 60.7 Å². The molecule has 0 saturated carbocycles. The maximum atomic E-state index is 12.8. The molecule has 1 aromatic heterocycles. The number of halogens is 1. The lowest BCUT2D eigenvalue weighted by atomic mass is 10.2. The first-order chi connectivity index (χ1) is 14.6. The fourth-order valence-electron chi connectivity index (χ4n) is 3.37. The normalized spacial score (nSPS) is 13.9. The highest BCUT2D eigenvalue weighted by Gasteiger charge is 2.24. The highest BCUT2D eigenvalue weighted by atomic mass is 35.5. The van der Waals surface area contributed by atoms with E-state index < -0.39 is 0 Å². The molecule has 3 aromatic rings. The number of anilines is 1. The second kappa shape index (κ2) is 9.13. The van der Waals surface area contributed by atoms with E-state index in [1.807, 2.05) is 53.4 Å². The number of nitrogens with zero attached hydrogens (tertiary/aromatic N) is 2. The molecule has 1 saturated heterocycles. The van der Waals surface area contributed by atoms with Gasteiger partial charge in [-0.2, -0.15) is 0 Å². The number of rotatable bonds is 6. The molecule has 2 heterocycles. The third-order valence-corrected chi connectivity index (χ3v) is 5.32. The lowest BCUT2D eigenvalue weighted by Gasteiger charge is -2.35. The molecule has 0 atom stereocenters. The van der Waals surface area contributed by atoms with Gasteiger partial charge in [-0.15, -0.1) is 0 Å². The Morgan fingerprint density at radius 1 is 0.933 bits per heavy atom. The van der Waals surface area contributed by atoms with Crippen molar-refractivity contribution in [2.75, 3.05) is 38.2 Å². The van der Waals surface area contributed by atoms with Gasteiger partial charge in [0.15, 0.2) is 5.76 Å². The van der Waals surface area contributed by atoms with E-state index in [9.17, 15) is 4.79 Å². The van der Waals surface area contributed by atoms with Gasteiger partial charge in [0.1, 0.15) is 23.9 Å². The zero-order valence-electron chi connectivity index (χ0n) is 16.7. The quantitative estimate of drug-likeness (QED) is 0.581. The van der Waals surface area contributed by atoms with Crippen LogP contribution in [-0.2, 0) is 6.61 Å². The Balaban J connectivity index is 1.30. The molecular formula is C23H23ClN2O4. The van der Waals surface area contributed by atoms with Gasteiger partial charge in [0.25, 0.3) is 5.91 Å². The van der Waals surface area contributed by atoms with E-state index in [2.05, 4.69) is 4.90 Å². The van der Waals surface area contributed by atoms with Crippen LogP contribution < -0.4 is 14.4 Å². The van der Waals surface area contributed by atoms with Gasteiger partial charge in [0.05, 0.1) is 7.11 Å². The molecule has 1 fully saturated rings. The summed E-state index contributed by atoms with van der Waals surface area (Å²) in [7, 11) is 1.62. The van der Waals surface area contributed by atoms with Crippen molar-refractivity contribution >= 4 is 23.2 Å². The van der Waals surface area contributed by atoms with Crippen LogP contribution in [0.4, 0.5) is 5.69 Å². The lowest BCUT2D eigenvalue weighted by molar-refractivity contribution is 0.0710. The van der Waals surface area contributed by atoms with Crippen molar-refractivity contribution in [3.8, 4) is 11.5 Å². The molecule has 30 heavy (non-hydrogen) atoms. The van der Waals surface area contributed by atoms with Crippen molar-refractivity contribution in [2.24, 2.45) is 0 Å².